The number of halogens is 2. The zero-order valence-electron chi connectivity index (χ0n) is 19.0. The highest BCUT2D eigenvalue weighted by Gasteiger charge is 2.29. The summed E-state index contributed by atoms with van der Waals surface area (Å²) in [6.07, 6.45) is 2.15. The fourth-order valence-electron chi connectivity index (χ4n) is 3.91. The van der Waals surface area contributed by atoms with Crippen LogP contribution in [0.4, 0.5) is 4.39 Å². The van der Waals surface area contributed by atoms with E-state index >= 15 is 0 Å². The molecule has 1 fully saturated rings. The first-order chi connectivity index (χ1) is 16.9. The number of hydrazine groups is 1. The average Bonchev–Trinajstić information content (AvgIpc) is 3.37. The molecule has 1 aliphatic rings. The van der Waals surface area contributed by atoms with Crippen LogP contribution in [0.2, 0.25) is 5.02 Å². The zero-order chi connectivity index (χ0) is 24.9. The monoisotopic (exact) mass is 514 g/mol. The average molecular weight is 515 g/mol. The second-order valence-electron chi connectivity index (χ2n) is 8.19. The number of rotatable bonds is 5. The first-order valence-electron chi connectivity index (χ1n) is 11.3. The number of aryl methyl sites for hydroxylation is 1. The lowest BCUT2D eigenvalue weighted by atomic mass is 9.97. The molecule has 1 aliphatic heterocycles. The molecule has 0 unspecified atom stereocenters. The first kappa shape index (κ1) is 24.8. The van der Waals surface area contributed by atoms with E-state index in [1.807, 2.05) is 19.1 Å². The van der Waals surface area contributed by atoms with Gasteiger partial charge in [-0.3, -0.25) is 25.2 Å². The topological polar surface area (TPSA) is 91.4 Å². The molecule has 2 heterocycles. The molecular formula is C25H24ClFN4O3S. The van der Waals surface area contributed by atoms with Crippen molar-refractivity contribution in [3.8, 4) is 0 Å². The predicted octanol–water partition coefficient (Wildman–Crippen LogP) is 4.59. The number of thiazole rings is 1. The summed E-state index contributed by atoms with van der Waals surface area (Å²) in [5, 5.41) is 2.52. The number of hydrogen-bond donors (Lipinski definition) is 2. The lowest BCUT2D eigenvalue weighted by Crippen LogP contribution is -2.41. The van der Waals surface area contributed by atoms with Crippen molar-refractivity contribution in [1.29, 1.82) is 0 Å². The van der Waals surface area contributed by atoms with E-state index in [4.69, 9.17) is 11.6 Å². The third-order valence-corrected chi connectivity index (χ3v) is 7.30. The Bertz CT molecular complexity index is 1220. The number of piperidine rings is 1. The third kappa shape index (κ3) is 5.68. The van der Waals surface area contributed by atoms with Crippen molar-refractivity contribution >= 4 is 40.7 Å². The molecule has 0 spiro atoms. The van der Waals surface area contributed by atoms with Crippen LogP contribution in [0.25, 0.3) is 0 Å². The van der Waals surface area contributed by atoms with Gasteiger partial charge in [0.2, 0.25) is 0 Å². The van der Waals surface area contributed by atoms with Gasteiger partial charge in [0.25, 0.3) is 17.7 Å². The summed E-state index contributed by atoms with van der Waals surface area (Å²) in [6.45, 7) is 2.90. The molecule has 0 saturated carbocycles. The minimum Gasteiger partial charge on any atom is -0.338 e. The highest BCUT2D eigenvalue weighted by molar-refractivity contribution is 7.09. The summed E-state index contributed by atoms with van der Waals surface area (Å²) < 4.78 is 14.1. The van der Waals surface area contributed by atoms with Gasteiger partial charge in [0.1, 0.15) is 11.5 Å². The van der Waals surface area contributed by atoms with Gasteiger partial charge in [-0.1, -0.05) is 36.7 Å². The Balaban J connectivity index is 1.30. The van der Waals surface area contributed by atoms with Gasteiger partial charge < -0.3 is 4.90 Å². The minimum atomic E-state index is -0.634. The highest BCUT2D eigenvalue weighted by atomic mass is 35.5. The minimum absolute atomic E-state index is 0.0772. The van der Waals surface area contributed by atoms with E-state index in [2.05, 4.69) is 15.8 Å². The second-order valence-corrected chi connectivity index (χ2v) is 9.49. The van der Waals surface area contributed by atoms with Crippen LogP contribution >= 0.6 is 22.9 Å². The first-order valence-corrected chi connectivity index (χ1v) is 12.5. The number of likely N-dealkylation sites (tertiary alicyclic amines) is 1. The number of nitrogens with one attached hydrogen (secondary N) is 2. The van der Waals surface area contributed by atoms with Crippen LogP contribution in [0.3, 0.4) is 0 Å². The van der Waals surface area contributed by atoms with Crippen LogP contribution in [0.15, 0.2) is 47.8 Å². The Morgan fingerprint density at radius 1 is 1.09 bits per heavy atom. The van der Waals surface area contributed by atoms with Crippen LogP contribution in [0.1, 0.15) is 67.5 Å². The van der Waals surface area contributed by atoms with Crippen molar-refractivity contribution in [2.45, 2.75) is 32.1 Å². The number of nitrogens with zero attached hydrogens (tertiary/aromatic N) is 2. The lowest BCUT2D eigenvalue weighted by Gasteiger charge is -2.31. The molecule has 3 amide bonds. The molecule has 7 nitrogen and oxygen atoms in total. The summed E-state index contributed by atoms with van der Waals surface area (Å²) in [4.78, 5) is 43.5. The Morgan fingerprint density at radius 3 is 2.43 bits per heavy atom. The van der Waals surface area contributed by atoms with E-state index in [0.717, 1.165) is 17.0 Å². The zero-order valence-corrected chi connectivity index (χ0v) is 20.6. The molecule has 3 aromatic rings. The number of aromatic nitrogens is 1. The number of hydrogen-bond acceptors (Lipinski definition) is 5. The molecule has 2 N–H and O–H groups in total. The van der Waals surface area contributed by atoms with Crippen molar-refractivity contribution in [1.82, 2.24) is 20.7 Å². The highest BCUT2D eigenvalue weighted by Crippen LogP contribution is 2.31. The smallest absolute Gasteiger partial charge is 0.289 e. The van der Waals surface area contributed by atoms with Crippen molar-refractivity contribution in [2.75, 3.05) is 13.1 Å². The fraction of sp³-hybridized carbons (Fsp3) is 0.280. The Morgan fingerprint density at radius 2 is 1.77 bits per heavy atom. The molecule has 0 aliphatic carbocycles. The Kier molecular flexibility index (Phi) is 7.77. The van der Waals surface area contributed by atoms with Gasteiger partial charge in [-0.15, -0.1) is 11.3 Å². The standard InChI is InChI=1S/C25H24ClFN4O3S/c1-2-15-6-8-16(9-7-15)22(32)29-30-23(33)20-14-35-24(28-20)17-10-12-31(13-11-17)25(34)21-18(26)4-3-5-19(21)27/h3-9,14,17H,2,10-13H2,1H3,(H,29,32)(H,30,33). The maximum Gasteiger partial charge on any atom is 0.289 e. The summed E-state index contributed by atoms with van der Waals surface area (Å²) in [6, 6.07) is 11.3. The Labute approximate surface area is 211 Å². The number of carbonyl (C=O) groups is 3. The van der Waals surface area contributed by atoms with Gasteiger partial charge in [0, 0.05) is 30.0 Å². The fourth-order valence-corrected chi connectivity index (χ4v) is 5.13. The molecule has 1 aromatic heterocycles. The summed E-state index contributed by atoms with van der Waals surface area (Å²) >= 11 is 7.39. The summed E-state index contributed by atoms with van der Waals surface area (Å²) in [5.74, 6) is -1.90. The van der Waals surface area contributed by atoms with Crippen LogP contribution in [-0.2, 0) is 6.42 Å². The molecule has 1 saturated heterocycles. The van der Waals surface area contributed by atoms with Gasteiger partial charge in [-0.25, -0.2) is 9.37 Å². The van der Waals surface area contributed by atoms with Gasteiger partial charge in [0.05, 0.1) is 15.6 Å². The van der Waals surface area contributed by atoms with Crippen LogP contribution < -0.4 is 10.9 Å². The largest absolute Gasteiger partial charge is 0.338 e. The SMILES string of the molecule is CCc1ccc(C(=O)NNC(=O)c2csc(C3CCN(C(=O)c4c(F)cccc4Cl)CC3)n2)cc1. The molecule has 10 heteroatoms. The second kappa shape index (κ2) is 11.0. The molecular weight excluding hydrogens is 491 g/mol. The van der Waals surface area contributed by atoms with Crippen LogP contribution in [-0.4, -0.2) is 40.7 Å². The summed E-state index contributed by atoms with van der Waals surface area (Å²) in [5.41, 5.74) is 6.47. The maximum atomic E-state index is 14.1. The van der Waals surface area contributed by atoms with Gasteiger partial charge >= 0.3 is 0 Å². The Hall–Kier alpha value is -3.30. The van der Waals surface area contributed by atoms with Crippen molar-refractivity contribution in [2.24, 2.45) is 0 Å². The quantitative estimate of drug-likeness (QED) is 0.487. The van der Waals surface area contributed by atoms with E-state index in [1.54, 1.807) is 22.4 Å². The van der Waals surface area contributed by atoms with Crippen LogP contribution in [0.5, 0.6) is 0 Å². The third-order valence-electron chi connectivity index (χ3n) is 5.98. The molecule has 0 atom stereocenters. The van der Waals surface area contributed by atoms with E-state index in [0.29, 0.717) is 31.5 Å². The predicted molar refractivity (Wildman–Crippen MR) is 132 cm³/mol. The van der Waals surface area contributed by atoms with E-state index in [1.165, 1.54) is 29.5 Å². The molecule has 182 valence electrons. The van der Waals surface area contributed by atoms with Gasteiger partial charge in [-0.2, -0.15) is 0 Å². The molecule has 2 aromatic carbocycles. The van der Waals surface area contributed by atoms with Gasteiger partial charge in [0.15, 0.2) is 0 Å². The molecule has 4 rings (SSSR count). The van der Waals surface area contributed by atoms with E-state index in [-0.39, 0.29) is 22.2 Å². The van der Waals surface area contributed by atoms with Gasteiger partial charge in [-0.05, 0) is 49.1 Å². The van der Waals surface area contributed by atoms with E-state index in [9.17, 15) is 18.8 Å². The maximum absolute atomic E-state index is 14.1. The lowest BCUT2D eigenvalue weighted by molar-refractivity contribution is 0.0708. The normalized spacial score (nSPS) is 14.0. The molecule has 0 radical (unpaired) electrons. The van der Waals surface area contributed by atoms with E-state index < -0.39 is 23.5 Å². The van der Waals surface area contributed by atoms with Crippen molar-refractivity contribution in [3.63, 3.8) is 0 Å². The summed E-state index contributed by atoms with van der Waals surface area (Å²) in [7, 11) is 0. The number of carbonyl (C=O) groups excluding carboxylic acids is 3. The van der Waals surface area contributed by atoms with Crippen molar-refractivity contribution in [3.05, 3.63) is 86.1 Å². The van der Waals surface area contributed by atoms with Crippen molar-refractivity contribution < 1.29 is 18.8 Å². The number of benzene rings is 2. The number of amides is 3. The van der Waals surface area contributed by atoms with Crippen LogP contribution in [0, 0.1) is 5.82 Å². The molecule has 0 bridgehead atoms. The molecule has 35 heavy (non-hydrogen) atoms.